The molecule has 3 aromatic rings. The molecular formula is C26H23N3O3. The number of urea groups is 1. The van der Waals surface area contributed by atoms with Crippen molar-refractivity contribution in [3.05, 3.63) is 96.1 Å². The Morgan fingerprint density at radius 3 is 2.16 bits per heavy atom. The number of imide groups is 1. The number of carbonyl (C=O) groups is 3. The minimum Gasteiger partial charge on any atom is -0.332 e. The lowest BCUT2D eigenvalue weighted by Gasteiger charge is -2.37. The van der Waals surface area contributed by atoms with Crippen LogP contribution >= 0.6 is 0 Å². The van der Waals surface area contributed by atoms with E-state index in [1.54, 1.807) is 17.0 Å². The van der Waals surface area contributed by atoms with Gasteiger partial charge in [-0.2, -0.15) is 0 Å². The maximum absolute atomic E-state index is 13.3. The van der Waals surface area contributed by atoms with Gasteiger partial charge in [-0.3, -0.25) is 14.5 Å². The van der Waals surface area contributed by atoms with E-state index < -0.39 is 12.1 Å². The highest BCUT2D eigenvalue weighted by Crippen LogP contribution is 2.27. The van der Waals surface area contributed by atoms with Crippen molar-refractivity contribution < 1.29 is 14.4 Å². The number of amides is 4. The van der Waals surface area contributed by atoms with Gasteiger partial charge < -0.3 is 10.2 Å². The zero-order chi connectivity index (χ0) is 22.1. The van der Waals surface area contributed by atoms with Gasteiger partial charge in [-0.1, -0.05) is 72.8 Å². The third kappa shape index (κ3) is 3.64. The molecule has 3 aromatic carbocycles. The standard InChI is InChI=1S/C26H23N3O3/c30-24(21-13-11-20(12-14-21)19-9-5-2-6-10-19)28-16-15-22-23(28)25(31)29(26(32)27-22)17-18-7-3-1-4-8-18/h1-14,22-23H,15-17H2,(H,27,32). The van der Waals surface area contributed by atoms with Gasteiger partial charge in [-0.15, -0.1) is 0 Å². The van der Waals surface area contributed by atoms with Crippen molar-refractivity contribution in [3.8, 4) is 11.1 Å². The molecule has 6 nitrogen and oxygen atoms in total. The van der Waals surface area contributed by atoms with Gasteiger partial charge in [0, 0.05) is 12.1 Å². The molecule has 2 aliphatic rings. The number of hydrogen-bond donors (Lipinski definition) is 1. The van der Waals surface area contributed by atoms with Gasteiger partial charge in [0.2, 0.25) is 0 Å². The van der Waals surface area contributed by atoms with Gasteiger partial charge in [0.15, 0.2) is 0 Å². The summed E-state index contributed by atoms with van der Waals surface area (Å²) >= 11 is 0. The number of nitrogens with zero attached hydrogens (tertiary/aromatic N) is 2. The van der Waals surface area contributed by atoms with E-state index in [0.29, 0.717) is 18.5 Å². The van der Waals surface area contributed by atoms with Crippen molar-refractivity contribution >= 4 is 17.8 Å². The molecule has 0 saturated carbocycles. The van der Waals surface area contributed by atoms with Crippen LogP contribution in [0.5, 0.6) is 0 Å². The Hall–Kier alpha value is -3.93. The van der Waals surface area contributed by atoms with Crippen LogP contribution < -0.4 is 5.32 Å². The highest BCUT2D eigenvalue weighted by molar-refractivity contribution is 6.04. The molecule has 2 unspecified atom stereocenters. The van der Waals surface area contributed by atoms with Crippen molar-refractivity contribution in [3.63, 3.8) is 0 Å². The molecule has 32 heavy (non-hydrogen) atoms. The summed E-state index contributed by atoms with van der Waals surface area (Å²) in [4.78, 5) is 41.9. The second kappa shape index (κ2) is 8.30. The Bertz CT molecular complexity index is 1150. The van der Waals surface area contributed by atoms with Crippen molar-refractivity contribution in [1.82, 2.24) is 15.1 Å². The molecule has 0 spiro atoms. The zero-order valence-corrected chi connectivity index (χ0v) is 17.5. The lowest BCUT2D eigenvalue weighted by Crippen LogP contribution is -2.64. The van der Waals surface area contributed by atoms with Crippen molar-refractivity contribution in [2.24, 2.45) is 0 Å². The van der Waals surface area contributed by atoms with Crippen LogP contribution in [0, 0.1) is 0 Å². The van der Waals surface area contributed by atoms with Crippen molar-refractivity contribution in [1.29, 1.82) is 0 Å². The van der Waals surface area contributed by atoms with E-state index in [0.717, 1.165) is 16.7 Å². The Kier molecular flexibility index (Phi) is 5.19. The largest absolute Gasteiger partial charge is 0.332 e. The van der Waals surface area contributed by atoms with Crippen LogP contribution in [0.15, 0.2) is 84.9 Å². The summed E-state index contributed by atoms with van der Waals surface area (Å²) in [5, 5.41) is 2.92. The molecule has 2 aliphatic heterocycles. The molecule has 2 fully saturated rings. The van der Waals surface area contributed by atoms with Crippen LogP contribution in [0.2, 0.25) is 0 Å². The lowest BCUT2D eigenvalue weighted by atomic mass is 10.0. The molecule has 0 aromatic heterocycles. The number of carbonyl (C=O) groups excluding carboxylic acids is 3. The first-order valence-electron chi connectivity index (χ1n) is 10.7. The quantitative estimate of drug-likeness (QED) is 0.693. The summed E-state index contributed by atoms with van der Waals surface area (Å²) in [7, 11) is 0. The van der Waals surface area contributed by atoms with Gasteiger partial charge in [-0.25, -0.2) is 4.79 Å². The van der Waals surface area contributed by atoms with Gasteiger partial charge in [0.1, 0.15) is 6.04 Å². The SMILES string of the molecule is O=C1NC2CCN(C(=O)c3ccc(-c4ccccc4)cc3)C2C(=O)N1Cc1ccccc1. The van der Waals surface area contributed by atoms with E-state index >= 15 is 0 Å². The molecule has 160 valence electrons. The second-order valence-electron chi connectivity index (χ2n) is 8.14. The minimum absolute atomic E-state index is 0.183. The normalized spacial score (nSPS) is 20.1. The van der Waals surface area contributed by atoms with E-state index in [2.05, 4.69) is 5.32 Å². The van der Waals surface area contributed by atoms with Gasteiger partial charge in [-0.05, 0) is 35.2 Å². The first-order valence-corrected chi connectivity index (χ1v) is 10.7. The summed E-state index contributed by atoms with van der Waals surface area (Å²) in [6.45, 7) is 0.613. The van der Waals surface area contributed by atoms with Crippen LogP contribution in [0.3, 0.4) is 0 Å². The number of nitrogens with one attached hydrogen (secondary N) is 1. The van der Waals surface area contributed by atoms with Gasteiger partial charge in [0.25, 0.3) is 11.8 Å². The monoisotopic (exact) mass is 425 g/mol. The van der Waals surface area contributed by atoms with Crippen molar-refractivity contribution in [2.75, 3.05) is 6.54 Å². The molecule has 0 aliphatic carbocycles. The van der Waals surface area contributed by atoms with Crippen LogP contribution in [0.25, 0.3) is 11.1 Å². The summed E-state index contributed by atoms with van der Waals surface area (Å²) < 4.78 is 0. The highest BCUT2D eigenvalue weighted by atomic mass is 16.2. The van der Waals surface area contributed by atoms with Crippen molar-refractivity contribution in [2.45, 2.75) is 25.0 Å². The summed E-state index contributed by atoms with van der Waals surface area (Å²) in [6, 6.07) is 25.3. The fourth-order valence-corrected chi connectivity index (χ4v) is 4.49. The third-order valence-corrected chi connectivity index (χ3v) is 6.15. The maximum Gasteiger partial charge on any atom is 0.324 e. The second-order valence-corrected chi connectivity index (χ2v) is 8.14. The molecule has 5 rings (SSSR count). The predicted molar refractivity (Wildman–Crippen MR) is 121 cm³/mol. The molecule has 1 N–H and O–H groups in total. The van der Waals surface area contributed by atoms with Crippen LogP contribution in [0.1, 0.15) is 22.3 Å². The molecule has 2 atom stereocenters. The third-order valence-electron chi connectivity index (χ3n) is 6.15. The van der Waals surface area contributed by atoms with E-state index in [4.69, 9.17) is 0 Å². The van der Waals surface area contributed by atoms with E-state index in [1.165, 1.54) is 4.90 Å². The average molecular weight is 425 g/mol. The van der Waals surface area contributed by atoms with Gasteiger partial charge >= 0.3 is 6.03 Å². The summed E-state index contributed by atoms with van der Waals surface area (Å²) in [6.07, 6.45) is 0.565. The minimum atomic E-state index is -0.683. The Balaban J connectivity index is 1.36. The Morgan fingerprint density at radius 1 is 0.844 bits per heavy atom. The first kappa shape index (κ1) is 20.0. The highest BCUT2D eigenvalue weighted by Gasteiger charge is 2.49. The molecule has 0 radical (unpaired) electrons. The number of rotatable bonds is 4. The number of benzene rings is 3. The van der Waals surface area contributed by atoms with E-state index in [-0.39, 0.29) is 24.4 Å². The van der Waals surface area contributed by atoms with Crippen LogP contribution in [-0.4, -0.2) is 46.3 Å². The smallest absolute Gasteiger partial charge is 0.324 e. The van der Waals surface area contributed by atoms with E-state index in [1.807, 2.05) is 72.8 Å². The molecular weight excluding hydrogens is 402 g/mol. The number of likely N-dealkylation sites (tertiary alicyclic amines) is 1. The zero-order valence-electron chi connectivity index (χ0n) is 17.5. The number of hydrogen-bond acceptors (Lipinski definition) is 3. The molecule has 2 heterocycles. The summed E-state index contributed by atoms with van der Waals surface area (Å²) in [5.74, 6) is -0.518. The molecule has 2 saturated heterocycles. The molecule has 4 amide bonds. The van der Waals surface area contributed by atoms with Crippen LogP contribution in [-0.2, 0) is 11.3 Å². The van der Waals surface area contributed by atoms with Gasteiger partial charge in [0.05, 0.1) is 12.6 Å². The molecule has 6 heteroatoms. The Labute approximate surface area is 186 Å². The average Bonchev–Trinajstić information content (AvgIpc) is 3.26. The maximum atomic E-state index is 13.3. The predicted octanol–water partition coefficient (Wildman–Crippen LogP) is 3.69. The fraction of sp³-hybridized carbons (Fsp3) is 0.192. The molecule has 0 bridgehead atoms. The topological polar surface area (TPSA) is 69.7 Å². The summed E-state index contributed by atoms with van der Waals surface area (Å²) in [5.41, 5.74) is 3.50. The first-order chi connectivity index (χ1) is 15.6. The Morgan fingerprint density at radius 2 is 1.47 bits per heavy atom. The van der Waals surface area contributed by atoms with E-state index in [9.17, 15) is 14.4 Å². The number of fused-ring (bicyclic) bond motifs is 1. The lowest BCUT2D eigenvalue weighted by molar-refractivity contribution is -0.134. The fourth-order valence-electron chi connectivity index (χ4n) is 4.49. The van der Waals surface area contributed by atoms with Crippen LogP contribution in [0.4, 0.5) is 4.79 Å².